The molecule has 2 aromatic rings. The monoisotopic (exact) mass is 399 g/mol. The lowest BCUT2D eigenvalue weighted by atomic mass is 9.89. The lowest BCUT2D eigenvalue weighted by molar-refractivity contribution is -0.145. The first-order valence-corrected chi connectivity index (χ1v) is 9.85. The zero-order valence-electron chi connectivity index (χ0n) is 17.5. The SMILES string of the molecule is COc1cc(OC)c(C(c2ccccc2C)N2CCCCC2C(=O)O)cc1OC. The van der Waals surface area contributed by atoms with Crippen molar-refractivity contribution in [3.8, 4) is 17.2 Å². The Hall–Kier alpha value is -2.73. The van der Waals surface area contributed by atoms with Crippen molar-refractivity contribution in [3.05, 3.63) is 53.1 Å². The van der Waals surface area contributed by atoms with Gasteiger partial charge in [-0.15, -0.1) is 0 Å². The Bertz CT molecular complexity index is 866. The fourth-order valence-corrected chi connectivity index (χ4v) is 4.21. The number of benzene rings is 2. The summed E-state index contributed by atoms with van der Waals surface area (Å²) < 4.78 is 16.7. The van der Waals surface area contributed by atoms with Crippen molar-refractivity contribution in [3.63, 3.8) is 0 Å². The minimum atomic E-state index is -0.789. The highest BCUT2D eigenvalue weighted by Crippen LogP contribution is 2.44. The normalized spacial score (nSPS) is 18.1. The van der Waals surface area contributed by atoms with Crippen LogP contribution in [0, 0.1) is 6.92 Å². The predicted octanol–water partition coefficient (Wildman–Crippen LogP) is 4.05. The van der Waals surface area contributed by atoms with E-state index >= 15 is 0 Å². The van der Waals surface area contributed by atoms with Crippen LogP contribution in [-0.2, 0) is 4.79 Å². The number of hydrogen-bond donors (Lipinski definition) is 1. The highest BCUT2D eigenvalue weighted by atomic mass is 16.5. The molecule has 2 aromatic carbocycles. The van der Waals surface area contributed by atoms with Crippen molar-refractivity contribution in [2.45, 2.75) is 38.3 Å². The fraction of sp³-hybridized carbons (Fsp3) is 0.435. The summed E-state index contributed by atoms with van der Waals surface area (Å²) in [4.78, 5) is 14.2. The third kappa shape index (κ3) is 4.17. The summed E-state index contributed by atoms with van der Waals surface area (Å²) in [5.41, 5.74) is 3.03. The number of rotatable bonds is 7. The topological polar surface area (TPSA) is 68.2 Å². The molecule has 1 aliphatic rings. The minimum Gasteiger partial charge on any atom is -0.496 e. The number of carboxylic acid groups (broad SMARTS) is 1. The molecule has 2 unspecified atom stereocenters. The zero-order valence-corrected chi connectivity index (χ0v) is 17.5. The van der Waals surface area contributed by atoms with Gasteiger partial charge >= 0.3 is 5.97 Å². The zero-order chi connectivity index (χ0) is 21.0. The van der Waals surface area contributed by atoms with Gasteiger partial charge in [-0.1, -0.05) is 30.7 Å². The van der Waals surface area contributed by atoms with Crippen LogP contribution in [0.5, 0.6) is 17.2 Å². The van der Waals surface area contributed by atoms with Crippen LogP contribution < -0.4 is 14.2 Å². The van der Waals surface area contributed by atoms with Gasteiger partial charge in [0.25, 0.3) is 0 Å². The van der Waals surface area contributed by atoms with Gasteiger partial charge in [0.05, 0.1) is 27.4 Å². The molecule has 1 N–H and O–H groups in total. The maximum atomic E-state index is 12.1. The molecule has 0 aliphatic carbocycles. The average Bonchev–Trinajstić information content (AvgIpc) is 2.75. The highest BCUT2D eigenvalue weighted by Gasteiger charge is 2.37. The Labute approximate surface area is 172 Å². The molecule has 1 aliphatic heterocycles. The Kier molecular flexibility index (Phi) is 6.64. The van der Waals surface area contributed by atoms with E-state index in [2.05, 4.69) is 24.0 Å². The van der Waals surface area contributed by atoms with Crippen LogP contribution in [0.2, 0.25) is 0 Å². The van der Waals surface area contributed by atoms with Crippen molar-refractivity contribution < 1.29 is 24.1 Å². The minimum absolute atomic E-state index is 0.271. The smallest absolute Gasteiger partial charge is 0.320 e. The number of hydrogen-bond acceptors (Lipinski definition) is 5. The first kappa shape index (κ1) is 21.0. The Morgan fingerprint density at radius 3 is 2.28 bits per heavy atom. The average molecular weight is 399 g/mol. The van der Waals surface area contributed by atoms with E-state index in [-0.39, 0.29) is 6.04 Å². The van der Waals surface area contributed by atoms with Crippen LogP contribution >= 0.6 is 0 Å². The maximum Gasteiger partial charge on any atom is 0.320 e. The molecule has 0 bridgehead atoms. The summed E-state index contributed by atoms with van der Waals surface area (Å²) in [6.07, 6.45) is 2.51. The van der Waals surface area contributed by atoms with Gasteiger partial charge in [-0.2, -0.15) is 0 Å². The third-order valence-electron chi connectivity index (χ3n) is 5.67. The highest BCUT2D eigenvalue weighted by molar-refractivity contribution is 5.74. The van der Waals surface area contributed by atoms with Crippen molar-refractivity contribution in [2.75, 3.05) is 27.9 Å². The molecule has 0 amide bonds. The Morgan fingerprint density at radius 2 is 1.66 bits per heavy atom. The molecule has 0 spiro atoms. The number of piperidine rings is 1. The summed E-state index contributed by atoms with van der Waals surface area (Å²) >= 11 is 0. The molecule has 2 atom stereocenters. The van der Waals surface area contributed by atoms with E-state index < -0.39 is 12.0 Å². The van der Waals surface area contributed by atoms with Crippen molar-refractivity contribution in [2.24, 2.45) is 0 Å². The van der Waals surface area contributed by atoms with Crippen molar-refractivity contribution in [1.29, 1.82) is 0 Å². The maximum absolute atomic E-state index is 12.1. The van der Waals surface area contributed by atoms with Gasteiger partial charge in [0.2, 0.25) is 0 Å². The number of aryl methyl sites for hydroxylation is 1. The largest absolute Gasteiger partial charge is 0.496 e. The van der Waals surface area contributed by atoms with E-state index in [1.165, 1.54) is 0 Å². The molecule has 156 valence electrons. The van der Waals surface area contributed by atoms with Crippen LogP contribution in [0.1, 0.15) is 42.0 Å². The van der Waals surface area contributed by atoms with Gasteiger partial charge in [0, 0.05) is 11.6 Å². The van der Waals surface area contributed by atoms with Crippen LogP contribution in [0.3, 0.4) is 0 Å². The van der Waals surface area contributed by atoms with E-state index in [1.807, 2.05) is 18.2 Å². The quantitative estimate of drug-likeness (QED) is 0.758. The summed E-state index contributed by atoms with van der Waals surface area (Å²) in [5.74, 6) is 1.02. The lowest BCUT2D eigenvalue weighted by Crippen LogP contribution is -2.47. The van der Waals surface area contributed by atoms with E-state index in [0.717, 1.165) is 29.5 Å². The second-order valence-corrected chi connectivity index (χ2v) is 7.30. The molecule has 6 heteroatoms. The van der Waals surface area contributed by atoms with E-state index in [1.54, 1.807) is 27.4 Å². The molecular formula is C23H29NO5. The second kappa shape index (κ2) is 9.18. The predicted molar refractivity (Wildman–Crippen MR) is 111 cm³/mol. The third-order valence-corrected chi connectivity index (χ3v) is 5.67. The van der Waals surface area contributed by atoms with E-state index in [0.29, 0.717) is 30.2 Å². The number of carbonyl (C=O) groups is 1. The number of likely N-dealkylation sites (tertiary alicyclic amines) is 1. The van der Waals surface area contributed by atoms with Crippen molar-refractivity contribution >= 4 is 5.97 Å². The van der Waals surface area contributed by atoms with Crippen LogP contribution in [-0.4, -0.2) is 49.9 Å². The Balaban J connectivity index is 2.23. The summed E-state index contributed by atoms with van der Waals surface area (Å²) in [6.45, 7) is 2.75. The number of methoxy groups -OCH3 is 3. The van der Waals surface area contributed by atoms with Gasteiger partial charge in [0.15, 0.2) is 11.5 Å². The number of nitrogens with zero attached hydrogens (tertiary/aromatic N) is 1. The fourth-order valence-electron chi connectivity index (χ4n) is 4.21. The molecule has 1 heterocycles. The van der Waals surface area contributed by atoms with Gasteiger partial charge in [-0.05, 0) is 43.5 Å². The number of aliphatic carboxylic acids is 1. The molecule has 0 aromatic heterocycles. The first-order chi connectivity index (χ1) is 14.0. The Morgan fingerprint density at radius 1 is 1.00 bits per heavy atom. The molecular weight excluding hydrogens is 370 g/mol. The summed E-state index contributed by atoms with van der Waals surface area (Å²) in [7, 11) is 4.79. The molecule has 1 fully saturated rings. The summed E-state index contributed by atoms with van der Waals surface area (Å²) in [5, 5.41) is 9.91. The molecule has 1 saturated heterocycles. The first-order valence-electron chi connectivity index (χ1n) is 9.85. The van der Waals surface area contributed by atoms with Crippen LogP contribution in [0.15, 0.2) is 36.4 Å². The van der Waals surface area contributed by atoms with Gasteiger partial charge in [-0.25, -0.2) is 0 Å². The molecule has 0 radical (unpaired) electrons. The van der Waals surface area contributed by atoms with Gasteiger partial charge in [-0.3, -0.25) is 9.69 Å². The standard InChI is InChI=1S/C23H29NO5/c1-15-9-5-6-10-16(15)22(24-12-8-7-11-18(24)23(25)26)17-13-20(28-3)21(29-4)14-19(17)27-2/h5-6,9-10,13-14,18,22H,7-8,11-12H2,1-4H3,(H,25,26). The molecule has 0 saturated carbocycles. The molecule has 29 heavy (non-hydrogen) atoms. The van der Waals surface area contributed by atoms with Crippen LogP contribution in [0.25, 0.3) is 0 Å². The van der Waals surface area contributed by atoms with Crippen molar-refractivity contribution in [1.82, 2.24) is 4.90 Å². The van der Waals surface area contributed by atoms with Crippen LogP contribution in [0.4, 0.5) is 0 Å². The lowest BCUT2D eigenvalue weighted by Gasteiger charge is -2.40. The van der Waals surface area contributed by atoms with E-state index in [4.69, 9.17) is 14.2 Å². The second-order valence-electron chi connectivity index (χ2n) is 7.30. The van der Waals surface area contributed by atoms with Gasteiger partial charge < -0.3 is 19.3 Å². The van der Waals surface area contributed by atoms with E-state index in [9.17, 15) is 9.90 Å². The summed E-state index contributed by atoms with van der Waals surface area (Å²) in [6, 6.07) is 11.0. The number of ether oxygens (including phenoxy) is 3. The number of carboxylic acids is 1. The van der Waals surface area contributed by atoms with Gasteiger partial charge in [0.1, 0.15) is 11.8 Å². The molecule has 3 rings (SSSR count). The molecule has 6 nitrogen and oxygen atoms in total.